The average Bonchev–Trinajstić information content (AvgIpc) is 2.98. The van der Waals surface area contributed by atoms with Gasteiger partial charge in [-0.2, -0.15) is 0 Å². The number of fused-ring (bicyclic) bond motifs is 1. The van der Waals surface area contributed by atoms with Gasteiger partial charge in [0.15, 0.2) is 0 Å². The van der Waals surface area contributed by atoms with Crippen LogP contribution in [0.1, 0.15) is 17.3 Å². The number of hydrogen-bond donors (Lipinski definition) is 1. The molecule has 0 fully saturated rings. The number of hydrogen-bond acceptors (Lipinski definition) is 3. The first-order valence-corrected chi connectivity index (χ1v) is 9.16. The lowest BCUT2D eigenvalue weighted by Gasteiger charge is -2.10. The maximum Gasteiger partial charge on any atom is 0.339 e. The first kappa shape index (κ1) is 18.5. The van der Waals surface area contributed by atoms with Gasteiger partial charge in [-0.15, -0.1) is 0 Å². The molecule has 1 N–H and O–H groups in total. The number of nitrogens with one attached hydrogen (secondary N) is 1. The standard InChI is InChI=1S/C19H16BrClN2O3/c1-2-26-19(25)15-10-14(4-5-16(15)21)22-18(24)11-23-8-7-12-9-13(20)3-6-17(12)23/h3-10H,2,11H2,1H3,(H,22,24). The van der Waals surface area contributed by atoms with Crippen molar-refractivity contribution >= 4 is 56.0 Å². The topological polar surface area (TPSA) is 60.3 Å². The van der Waals surface area contributed by atoms with Crippen molar-refractivity contribution in [3.05, 3.63) is 63.7 Å². The predicted octanol–water partition coefficient (Wildman–Crippen LogP) is 4.87. The first-order valence-electron chi connectivity index (χ1n) is 7.99. The van der Waals surface area contributed by atoms with E-state index in [1.165, 1.54) is 6.07 Å². The fourth-order valence-corrected chi connectivity index (χ4v) is 3.21. The molecule has 2 aromatic carbocycles. The second-order valence-electron chi connectivity index (χ2n) is 5.61. The maximum atomic E-state index is 12.4. The summed E-state index contributed by atoms with van der Waals surface area (Å²) in [7, 11) is 0. The van der Waals surface area contributed by atoms with E-state index in [0.717, 1.165) is 15.4 Å². The molecule has 1 aromatic heterocycles. The van der Waals surface area contributed by atoms with Gasteiger partial charge in [0.2, 0.25) is 5.91 Å². The minimum absolute atomic E-state index is 0.155. The van der Waals surface area contributed by atoms with Gasteiger partial charge in [0, 0.05) is 27.3 Å². The number of anilines is 1. The van der Waals surface area contributed by atoms with Crippen LogP contribution >= 0.6 is 27.5 Å². The molecule has 1 heterocycles. The highest BCUT2D eigenvalue weighted by atomic mass is 79.9. The Kier molecular flexibility index (Phi) is 5.64. The Hall–Kier alpha value is -2.31. The van der Waals surface area contributed by atoms with E-state index < -0.39 is 5.97 Å². The zero-order valence-electron chi connectivity index (χ0n) is 14.0. The molecule has 0 saturated carbocycles. The van der Waals surface area contributed by atoms with Crippen LogP contribution in [0.25, 0.3) is 10.9 Å². The van der Waals surface area contributed by atoms with Crippen molar-refractivity contribution in [3.63, 3.8) is 0 Å². The monoisotopic (exact) mass is 434 g/mol. The van der Waals surface area contributed by atoms with Crippen molar-refractivity contribution in [1.82, 2.24) is 4.57 Å². The molecule has 0 aliphatic heterocycles. The quantitative estimate of drug-likeness (QED) is 0.582. The largest absolute Gasteiger partial charge is 0.462 e. The fourth-order valence-electron chi connectivity index (χ4n) is 2.63. The zero-order valence-corrected chi connectivity index (χ0v) is 16.3. The number of rotatable bonds is 5. The van der Waals surface area contributed by atoms with Crippen LogP contribution in [-0.4, -0.2) is 23.1 Å². The van der Waals surface area contributed by atoms with Gasteiger partial charge in [0.05, 0.1) is 17.2 Å². The Bertz CT molecular complexity index is 984. The molecular formula is C19H16BrClN2O3. The summed E-state index contributed by atoms with van der Waals surface area (Å²) in [6.07, 6.45) is 1.86. The molecule has 0 saturated heterocycles. The summed E-state index contributed by atoms with van der Waals surface area (Å²) in [6, 6.07) is 12.6. The highest BCUT2D eigenvalue weighted by Crippen LogP contribution is 2.23. The molecular weight excluding hydrogens is 420 g/mol. The van der Waals surface area contributed by atoms with E-state index >= 15 is 0 Å². The lowest BCUT2D eigenvalue weighted by Crippen LogP contribution is -2.18. The number of carbonyl (C=O) groups excluding carboxylic acids is 2. The van der Waals surface area contributed by atoms with Crippen LogP contribution < -0.4 is 5.32 Å². The second-order valence-corrected chi connectivity index (χ2v) is 6.93. The number of aromatic nitrogens is 1. The van der Waals surface area contributed by atoms with Gasteiger partial charge in [-0.05, 0) is 49.4 Å². The Labute approximate surface area is 164 Å². The van der Waals surface area contributed by atoms with Crippen LogP contribution in [-0.2, 0) is 16.1 Å². The Morgan fingerprint density at radius 2 is 2.00 bits per heavy atom. The highest BCUT2D eigenvalue weighted by Gasteiger charge is 2.14. The van der Waals surface area contributed by atoms with E-state index in [4.69, 9.17) is 16.3 Å². The number of halogens is 2. The summed E-state index contributed by atoms with van der Waals surface area (Å²) >= 11 is 9.47. The van der Waals surface area contributed by atoms with E-state index in [1.54, 1.807) is 19.1 Å². The van der Waals surface area contributed by atoms with Crippen molar-refractivity contribution in [2.75, 3.05) is 11.9 Å². The number of esters is 1. The van der Waals surface area contributed by atoms with Gasteiger partial charge in [-0.3, -0.25) is 4.79 Å². The second kappa shape index (κ2) is 7.93. The number of benzene rings is 2. The Morgan fingerprint density at radius 1 is 1.19 bits per heavy atom. The molecule has 0 atom stereocenters. The van der Waals surface area contributed by atoms with E-state index in [2.05, 4.69) is 21.2 Å². The predicted molar refractivity (Wildman–Crippen MR) is 106 cm³/mol. The molecule has 0 aliphatic rings. The number of carbonyl (C=O) groups is 2. The maximum absolute atomic E-state index is 12.4. The summed E-state index contributed by atoms with van der Waals surface area (Å²) < 4.78 is 7.81. The molecule has 0 unspecified atom stereocenters. The van der Waals surface area contributed by atoms with Gasteiger partial charge in [0.1, 0.15) is 6.54 Å². The summed E-state index contributed by atoms with van der Waals surface area (Å²) in [6.45, 7) is 2.13. The van der Waals surface area contributed by atoms with Crippen molar-refractivity contribution in [3.8, 4) is 0 Å². The minimum Gasteiger partial charge on any atom is -0.462 e. The number of amides is 1. The Balaban J connectivity index is 1.75. The third kappa shape index (κ3) is 4.08. The summed E-state index contributed by atoms with van der Waals surface area (Å²) in [4.78, 5) is 24.3. The van der Waals surface area contributed by atoms with Gasteiger partial charge in [0.25, 0.3) is 0 Å². The van der Waals surface area contributed by atoms with Gasteiger partial charge >= 0.3 is 5.97 Å². The normalized spacial score (nSPS) is 10.7. The average molecular weight is 436 g/mol. The van der Waals surface area contributed by atoms with Crippen LogP contribution in [0.2, 0.25) is 5.02 Å². The summed E-state index contributed by atoms with van der Waals surface area (Å²) in [5.41, 5.74) is 1.68. The van der Waals surface area contributed by atoms with Crippen molar-refractivity contribution in [2.24, 2.45) is 0 Å². The molecule has 0 radical (unpaired) electrons. The molecule has 0 aliphatic carbocycles. The van der Waals surface area contributed by atoms with Crippen LogP contribution in [0, 0.1) is 0 Å². The van der Waals surface area contributed by atoms with Crippen molar-refractivity contribution < 1.29 is 14.3 Å². The van der Waals surface area contributed by atoms with Gasteiger partial charge in [-0.25, -0.2) is 4.79 Å². The van der Waals surface area contributed by atoms with Gasteiger partial charge in [-0.1, -0.05) is 27.5 Å². The van der Waals surface area contributed by atoms with E-state index in [0.29, 0.717) is 5.69 Å². The molecule has 3 rings (SSSR count). The highest BCUT2D eigenvalue weighted by molar-refractivity contribution is 9.10. The molecule has 0 spiro atoms. The molecule has 5 nitrogen and oxygen atoms in total. The van der Waals surface area contributed by atoms with Crippen LogP contribution in [0.4, 0.5) is 5.69 Å². The minimum atomic E-state index is -0.518. The lowest BCUT2D eigenvalue weighted by atomic mass is 10.2. The van der Waals surface area contributed by atoms with E-state index in [-0.39, 0.29) is 29.6 Å². The SMILES string of the molecule is CCOC(=O)c1cc(NC(=O)Cn2ccc3cc(Br)ccc32)ccc1Cl. The summed E-state index contributed by atoms with van der Waals surface area (Å²) in [5.74, 6) is -0.724. The molecule has 26 heavy (non-hydrogen) atoms. The van der Waals surface area contributed by atoms with Crippen LogP contribution in [0.3, 0.4) is 0 Å². The smallest absolute Gasteiger partial charge is 0.339 e. The van der Waals surface area contributed by atoms with Gasteiger partial charge < -0.3 is 14.6 Å². The fraction of sp³-hybridized carbons (Fsp3) is 0.158. The van der Waals surface area contributed by atoms with Crippen molar-refractivity contribution in [2.45, 2.75) is 13.5 Å². The first-order chi connectivity index (χ1) is 12.5. The van der Waals surface area contributed by atoms with Crippen molar-refractivity contribution in [1.29, 1.82) is 0 Å². The van der Waals surface area contributed by atoms with E-state index in [9.17, 15) is 9.59 Å². The number of ether oxygens (including phenoxy) is 1. The Morgan fingerprint density at radius 3 is 2.77 bits per heavy atom. The third-order valence-corrected chi connectivity index (χ3v) is 4.62. The third-order valence-electron chi connectivity index (χ3n) is 3.79. The zero-order chi connectivity index (χ0) is 18.7. The molecule has 134 valence electrons. The van der Waals surface area contributed by atoms with Crippen LogP contribution in [0.15, 0.2) is 53.1 Å². The molecule has 7 heteroatoms. The number of nitrogens with zero attached hydrogens (tertiary/aromatic N) is 1. The van der Waals surface area contributed by atoms with Crippen LogP contribution in [0.5, 0.6) is 0 Å². The molecule has 3 aromatic rings. The summed E-state index contributed by atoms with van der Waals surface area (Å²) in [5, 5.41) is 4.11. The molecule has 0 bridgehead atoms. The molecule has 1 amide bonds. The van der Waals surface area contributed by atoms with E-state index in [1.807, 2.05) is 35.0 Å². The lowest BCUT2D eigenvalue weighted by molar-refractivity contribution is -0.116.